The van der Waals surface area contributed by atoms with Gasteiger partial charge < -0.3 is 4.90 Å². The summed E-state index contributed by atoms with van der Waals surface area (Å²) in [5.74, 6) is 0.998. The van der Waals surface area contributed by atoms with E-state index in [4.69, 9.17) is 0 Å². The van der Waals surface area contributed by atoms with Crippen molar-refractivity contribution in [2.45, 2.75) is 52.9 Å². The Kier molecular flexibility index (Phi) is 6.35. The number of hydrogen-bond acceptors (Lipinski definition) is 1. The summed E-state index contributed by atoms with van der Waals surface area (Å²) in [6.45, 7) is 11.0. The quantitative estimate of drug-likeness (QED) is 0.659. The Balaban J connectivity index is 2.42. The molecule has 2 heteroatoms. The number of nitrogens with zero attached hydrogens (tertiary/aromatic N) is 1. The van der Waals surface area contributed by atoms with Gasteiger partial charge in [0.15, 0.2) is 0 Å². The van der Waals surface area contributed by atoms with Crippen LogP contribution in [0.25, 0.3) is 0 Å². The zero-order valence-electron chi connectivity index (χ0n) is 11.3. The Morgan fingerprint density at radius 1 is 1.12 bits per heavy atom. The lowest BCUT2D eigenvalue weighted by Crippen LogP contribution is -2.42. The van der Waals surface area contributed by atoms with Crippen molar-refractivity contribution < 1.29 is 0 Å². The minimum absolute atomic E-state index is 0.513. The van der Waals surface area contributed by atoms with Gasteiger partial charge in [-0.15, -0.1) is 0 Å². The lowest BCUT2D eigenvalue weighted by molar-refractivity contribution is 0.115. The van der Waals surface area contributed by atoms with Crippen LogP contribution in [0.1, 0.15) is 52.9 Å². The van der Waals surface area contributed by atoms with E-state index in [1.807, 2.05) is 0 Å². The molecule has 1 aliphatic rings. The first-order valence-corrected chi connectivity index (χ1v) is 8.10. The van der Waals surface area contributed by atoms with Crippen molar-refractivity contribution in [1.29, 1.82) is 0 Å². The summed E-state index contributed by atoms with van der Waals surface area (Å²) in [4.78, 5) is 2.69. The number of halogens is 1. The number of hydrogen-bond donors (Lipinski definition) is 0. The van der Waals surface area contributed by atoms with Crippen LogP contribution in [0.3, 0.4) is 0 Å². The van der Waals surface area contributed by atoms with Gasteiger partial charge in [0.05, 0.1) is 0 Å². The number of rotatable bonds is 6. The molecule has 0 unspecified atom stereocenters. The lowest BCUT2D eigenvalue weighted by atomic mass is 9.83. The third kappa shape index (κ3) is 3.73. The van der Waals surface area contributed by atoms with Gasteiger partial charge in [0.25, 0.3) is 0 Å². The highest BCUT2D eigenvalue weighted by Crippen LogP contribution is 2.31. The summed E-state index contributed by atoms with van der Waals surface area (Å²) in [5.41, 5.74) is 0.513. The molecule has 1 fully saturated rings. The van der Waals surface area contributed by atoms with Crippen molar-refractivity contribution in [3.8, 4) is 0 Å². The van der Waals surface area contributed by atoms with Crippen LogP contribution in [0.2, 0.25) is 0 Å². The maximum Gasteiger partial charge on any atom is 0.01000 e. The molecule has 0 radical (unpaired) electrons. The van der Waals surface area contributed by atoms with Crippen LogP contribution < -0.4 is 0 Å². The SMILES string of the molecule is CCC1CCN(CC(CC)(CC)CBr)CC1. The number of likely N-dealkylation sites (tertiary alicyclic amines) is 1. The van der Waals surface area contributed by atoms with Crippen LogP contribution in [-0.4, -0.2) is 29.9 Å². The third-order valence-electron chi connectivity index (χ3n) is 4.63. The molecule has 0 amide bonds. The van der Waals surface area contributed by atoms with Crippen LogP contribution in [0, 0.1) is 11.3 Å². The van der Waals surface area contributed by atoms with Gasteiger partial charge >= 0.3 is 0 Å². The van der Waals surface area contributed by atoms with Crippen LogP contribution in [-0.2, 0) is 0 Å². The topological polar surface area (TPSA) is 3.24 Å². The zero-order chi connectivity index (χ0) is 12.0. The van der Waals surface area contributed by atoms with E-state index in [0.717, 1.165) is 11.2 Å². The largest absolute Gasteiger partial charge is 0.303 e. The summed E-state index contributed by atoms with van der Waals surface area (Å²) in [6, 6.07) is 0. The van der Waals surface area contributed by atoms with Gasteiger partial charge in [-0.2, -0.15) is 0 Å². The van der Waals surface area contributed by atoms with E-state index in [1.165, 1.54) is 51.7 Å². The second kappa shape index (κ2) is 7.00. The summed E-state index contributed by atoms with van der Waals surface area (Å²) in [5, 5.41) is 1.15. The van der Waals surface area contributed by atoms with Gasteiger partial charge in [0.1, 0.15) is 0 Å². The molecular weight excluding hydrogens is 262 g/mol. The van der Waals surface area contributed by atoms with Crippen molar-refractivity contribution >= 4 is 15.9 Å². The van der Waals surface area contributed by atoms with Gasteiger partial charge in [-0.05, 0) is 50.1 Å². The van der Waals surface area contributed by atoms with Gasteiger partial charge in [-0.1, -0.05) is 43.1 Å². The second-order valence-corrected chi connectivity index (χ2v) is 6.03. The van der Waals surface area contributed by atoms with E-state index in [1.54, 1.807) is 0 Å². The van der Waals surface area contributed by atoms with Crippen LogP contribution in [0.5, 0.6) is 0 Å². The smallest absolute Gasteiger partial charge is 0.01000 e. The third-order valence-corrected chi connectivity index (χ3v) is 5.82. The molecule has 0 spiro atoms. The molecule has 1 nitrogen and oxygen atoms in total. The van der Waals surface area contributed by atoms with Crippen molar-refractivity contribution in [2.75, 3.05) is 25.0 Å². The first-order valence-electron chi connectivity index (χ1n) is 6.98. The first-order chi connectivity index (χ1) is 7.69. The van der Waals surface area contributed by atoms with Gasteiger partial charge in [-0.25, -0.2) is 0 Å². The second-order valence-electron chi connectivity index (χ2n) is 5.47. The van der Waals surface area contributed by atoms with Gasteiger partial charge in [-0.3, -0.25) is 0 Å². The first kappa shape index (κ1) is 14.5. The highest BCUT2D eigenvalue weighted by Gasteiger charge is 2.29. The van der Waals surface area contributed by atoms with E-state index >= 15 is 0 Å². The Labute approximate surface area is 110 Å². The Morgan fingerprint density at radius 3 is 2.06 bits per heavy atom. The van der Waals surface area contributed by atoms with Crippen LogP contribution in [0.4, 0.5) is 0 Å². The summed E-state index contributed by atoms with van der Waals surface area (Å²) in [6.07, 6.45) is 6.80. The maximum absolute atomic E-state index is 3.72. The zero-order valence-corrected chi connectivity index (χ0v) is 12.9. The molecule has 1 heterocycles. The Morgan fingerprint density at radius 2 is 1.69 bits per heavy atom. The molecular formula is C14H28BrN. The fourth-order valence-corrected chi connectivity index (χ4v) is 3.70. The summed E-state index contributed by atoms with van der Waals surface area (Å²) in [7, 11) is 0. The van der Waals surface area contributed by atoms with E-state index < -0.39 is 0 Å². The maximum atomic E-state index is 3.72. The molecule has 1 aliphatic heterocycles. The highest BCUT2D eigenvalue weighted by atomic mass is 79.9. The fourth-order valence-electron chi connectivity index (χ4n) is 2.73. The minimum Gasteiger partial charge on any atom is -0.303 e. The molecule has 0 aromatic carbocycles. The number of piperidine rings is 1. The predicted octanol–water partition coefficient (Wildman–Crippen LogP) is 4.31. The van der Waals surface area contributed by atoms with Crippen molar-refractivity contribution in [3.63, 3.8) is 0 Å². The van der Waals surface area contributed by atoms with Crippen LogP contribution >= 0.6 is 15.9 Å². The normalized spacial score (nSPS) is 20.2. The standard InChI is InChI=1S/C14H28BrN/c1-4-13-7-9-16(10-8-13)12-14(5-2,6-3)11-15/h13H,4-12H2,1-3H3. The molecule has 1 rings (SSSR count). The average molecular weight is 290 g/mol. The molecule has 96 valence electrons. The van der Waals surface area contributed by atoms with Crippen molar-refractivity contribution in [3.05, 3.63) is 0 Å². The van der Waals surface area contributed by atoms with Gasteiger partial charge in [0.2, 0.25) is 0 Å². The van der Waals surface area contributed by atoms with E-state index in [0.29, 0.717) is 5.41 Å². The molecule has 0 aliphatic carbocycles. The summed E-state index contributed by atoms with van der Waals surface area (Å²) < 4.78 is 0. The minimum atomic E-state index is 0.513. The predicted molar refractivity (Wildman–Crippen MR) is 76.3 cm³/mol. The van der Waals surface area contributed by atoms with Crippen molar-refractivity contribution in [1.82, 2.24) is 4.90 Å². The molecule has 0 aromatic heterocycles. The van der Waals surface area contributed by atoms with Gasteiger partial charge in [0, 0.05) is 11.9 Å². The Hall–Kier alpha value is 0.440. The monoisotopic (exact) mass is 289 g/mol. The molecule has 16 heavy (non-hydrogen) atoms. The summed E-state index contributed by atoms with van der Waals surface area (Å²) >= 11 is 3.72. The fraction of sp³-hybridized carbons (Fsp3) is 1.00. The average Bonchev–Trinajstić information content (AvgIpc) is 2.37. The molecule has 1 saturated heterocycles. The number of alkyl halides is 1. The molecule has 0 atom stereocenters. The van der Waals surface area contributed by atoms with Crippen LogP contribution in [0.15, 0.2) is 0 Å². The van der Waals surface area contributed by atoms with Crippen molar-refractivity contribution in [2.24, 2.45) is 11.3 Å². The van der Waals surface area contributed by atoms with E-state index in [9.17, 15) is 0 Å². The van der Waals surface area contributed by atoms with E-state index in [2.05, 4.69) is 41.6 Å². The molecule has 0 N–H and O–H groups in total. The highest BCUT2D eigenvalue weighted by molar-refractivity contribution is 9.09. The van der Waals surface area contributed by atoms with E-state index in [-0.39, 0.29) is 0 Å². The molecule has 0 saturated carbocycles. The molecule has 0 bridgehead atoms. The molecule has 0 aromatic rings. The lowest BCUT2D eigenvalue weighted by Gasteiger charge is -2.39. The Bertz CT molecular complexity index is 173.